The van der Waals surface area contributed by atoms with Crippen molar-refractivity contribution in [2.45, 2.75) is 0 Å². The van der Waals surface area contributed by atoms with E-state index in [0.29, 0.717) is 22.7 Å². The molecule has 0 saturated carbocycles. The van der Waals surface area contributed by atoms with Gasteiger partial charge in [-0.05, 0) is 5.92 Å². The van der Waals surface area contributed by atoms with E-state index in [1.165, 1.54) is 11.3 Å². The molecule has 0 radical (unpaired) electrons. The fraction of sp³-hybridized carbons (Fsp3) is 0.143. The number of thiol groups is 1. The van der Waals surface area contributed by atoms with Crippen molar-refractivity contribution < 1.29 is 4.79 Å². The molecule has 0 spiro atoms. The van der Waals surface area contributed by atoms with Crippen LogP contribution in [0.25, 0.3) is 0 Å². The Morgan fingerprint density at radius 1 is 1.82 bits per heavy atom. The summed E-state index contributed by atoms with van der Waals surface area (Å²) in [5.74, 6) is 6.03. The van der Waals surface area contributed by atoms with Crippen molar-refractivity contribution in [1.82, 2.24) is 4.98 Å². The Hall–Kier alpha value is -0.790. The molecule has 2 nitrogen and oxygen atoms in total. The van der Waals surface area contributed by atoms with Gasteiger partial charge in [-0.25, -0.2) is 4.98 Å². The van der Waals surface area contributed by atoms with E-state index in [2.05, 4.69) is 29.5 Å². The van der Waals surface area contributed by atoms with Crippen LogP contribution in [-0.2, 0) is 0 Å². The van der Waals surface area contributed by atoms with Gasteiger partial charge in [-0.15, -0.1) is 11.3 Å². The molecule has 0 N–H and O–H groups in total. The summed E-state index contributed by atoms with van der Waals surface area (Å²) in [6.45, 7) is 0. The Kier molecular flexibility index (Phi) is 3.14. The van der Waals surface area contributed by atoms with E-state index in [0.717, 1.165) is 0 Å². The van der Waals surface area contributed by atoms with Crippen LogP contribution in [0.4, 0.5) is 0 Å². The summed E-state index contributed by atoms with van der Waals surface area (Å²) in [5, 5.41) is 2.34. The second-order valence-electron chi connectivity index (χ2n) is 1.66. The van der Waals surface area contributed by atoms with E-state index in [1.807, 2.05) is 0 Å². The number of carbonyl (C=O) groups excluding carboxylic acids is 1. The molecule has 0 bridgehead atoms. The van der Waals surface area contributed by atoms with Crippen LogP contribution in [0.5, 0.6) is 0 Å². The van der Waals surface area contributed by atoms with Crippen molar-refractivity contribution in [3.05, 3.63) is 16.1 Å². The predicted molar refractivity (Wildman–Crippen MR) is 48.2 cm³/mol. The zero-order valence-electron chi connectivity index (χ0n) is 5.57. The number of thiazole rings is 1. The van der Waals surface area contributed by atoms with Gasteiger partial charge < -0.3 is 0 Å². The average molecular weight is 183 g/mol. The van der Waals surface area contributed by atoms with E-state index < -0.39 is 0 Å². The van der Waals surface area contributed by atoms with Gasteiger partial charge in [0.1, 0.15) is 5.69 Å². The zero-order valence-corrected chi connectivity index (χ0v) is 7.28. The first-order valence-corrected chi connectivity index (χ1v) is 4.38. The molecular weight excluding hydrogens is 178 g/mol. The van der Waals surface area contributed by atoms with Gasteiger partial charge in [0.25, 0.3) is 0 Å². The number of aldehydes is 1. The number of rotatable bonds is 1. The first-order chi connectivity index (χ1) is 5.36. The average Bonchev–Trinajstić information content (AvgIpc) is 2.48. The van der Waals surface area contributed by atoms with Crippen molar-refractivity contribution in [3.8, 4) is 11.8 Å². The van der Waals surface area contributed by atoms with Crippen LogP contribution in [-0.4, -0.2) is 17.0 Å². The van der Waals surface area contributed by atoms with Crippen LogP contribution >= 0.6 is 24.0 Å². The fourth-order valence-electron chi connectivity index (χ4n) is 0.513. The fourth-order valence-corrected chi connectivity index (χ4v) is 1.22. The van der Waals surface area contributed by atoms with Crippen LogP contribution in [0, 0.1) is 11.8 Å². The van der Waals surface area contributed by atoms with Gasteiger partial charge in [0.05, 0.1) is 5.75 Å². The van der Waals surface area contributed by atoms with Crippen molar-refractivity contribution in [2.75, 3.05) is 5.75 Å². The minimum atomic E-state index is 0.443. The quantitative estimate of drug-likeness (QED) is 0.403. The summed E-state index contributed by atoms with van der Waals surface area (Å²) < 4.78 is 0. The lowest BCUT2D eigenvalue weighted by molar-refractivity contribution is 0.111. The van der Waals surface area contributed by atoms with Crippen molar-refractivity contribution in [2.24, 2.45) is 0 Å². The Morgan fingerprint density at radius 3 is 3.18 bits per heavy atom. The summed E-state index contributed by atoms with van der Waals surface area (Å²) in [6, 6.07) is 0. The van der Waals surface area contributed by atoms with E-state index in [9.17, 15) is 4.79 Å². The molecule has 0 fully saturated rings. The Labute approximate surface area is 74.1 Å². The third kappa shape index (κ3) is 2.37. The number of aromatic nitrogens is 1. The second-order valence-corrected chi connectivity index (χ2v) is 2.83. The van der Waals surface area contributed by atoms with Crippen LogP contribution in [0.15, 0.2) is 5.38 Å². The maximum absolute atomic E-state index is 10.2. The molecule has 0 amide bonds. The lowest BCUT2D eigenvalue weighted by atomic mass is 10.5. The van der Waals surface area contributed by atoms with Gasteiger partial charge in [-0.2, -0.15) is 12.6 Å². The van der Waals surface area contributed by atoms with E-state index in [4.69, 9.17) is 0 Å². The maximum Gasteiger partial charge on any atom is 0.169 e. The minimum absolute atomic E-state index is 0.443. The highest BCUT2D eigenvalue weighted by Gasteiger charge is 1.95. The van der Waals surface area contributed by atoms with Crippen LogP contribution in [0.1, 0.15) is 15.5 Å². The van der Waals surface area contributed by atoms with Crippen LogP contribution in [0.2, 0.25) is 0 Å². The molecule has 1 aromatic heterocycles. The molecule has 1 aromatic rings. The smallest absolute Gasteiger partial charge is 0.169 e. The highest BCUT2D eigenvalue weighted by Crippen LogP contribution is 2.05. The molecule has 0 aliphatic carbocycles. The number of carbonyl (C=O) groups is 1. The zero-order chi connectivity index (χ0) is 8.10. The molecule has 0 aromatic carbocycles. The van der Waals surface area contributed by atoms with Crippen molar-refractivity contribution in [1.29, 1.82) is 0 Å². The normalized spacial score (nSPS) is 8.45. The van der Waals surface area contributed by atoms with Gasteiger partial charge in [0.2, 0.25) is 0 Å². The largest absolute Gasteiger partial charge is 0.296 e. The highest BCUT2D eigenvalue weighted by molar-refractivity contribution is 7.80. The van der Waals surface area contributed by atoms with E-state index >= 15 is 0 Å². The first-order valence-electron chi connectivity index (χ1n) is 2.87. The molecule has 0 unspecified atom stereocenters. The lowest BCUT2D eigenvalue weighted by Crippen LogP contribution is -1.78. The third-order valence-electron chi connectivity index (χ3n) is 0.917. The number of hydrogen-bond acceptors (Lipinski definition) is 4. The molecule has 56 valence electrons. The van der Waals surface area contributed by atoms with Gasteiger partial charge >= 0.3 is 0 Å². The summed E-state index contributed by atoms with van der Waals surface area (Å²) in [7, 11) is 0. The van der Waals surface area contributed by atoms with Crippen LogP contribution < -0.4 is 0 Å². The molecule has 1 rings (SSSR count). The molecule has 0 aliphatic heterocycles. The van der Waals surface area contributed by atoms with Crippen molar-refractivity contribution >= 4 is 30.3 Å². The Morgan fingerprint density at radius 2 is 2.64 bits per heavy atom. The molecule has 0 aliphatic rings. The molecule has 0 atom stereocenters. The molecule has 0 saturated heterocycles. The van der Waals surface area contributed by atoms with Crippen LogP contribution in [0.3, 0.4) is 0 Å². The number of nitrogens with zero attached hydrogens (tertiary/aromatic N) is 1. The van der Waals surface area contributed by atoms with Gasteiger partial charge in [-0.3, -0.25) is 4.79 Å². The highest BCUT2D eigenvalue weighted by atomic mass is 32.1. The summed E-state index contributed by atoms with van der Waals surface area (Å²) in [5.41, 5.74) is 0.443. The Balaban J connectivity index is 2.80. The first kappa shape index (κ1) is 8.31. The van der Waals surface area contributed by atoms with Gasteiger partial charge in [-0.1, -0.05) is 5.92 Å². The summed E-state index contributed by atoms with van der Waals surface area (Å²) in [4.78, 5) is 14.1. The van der Waals surface area contributed by atoms with E-state index in [-0.39, 0.29) is 0 Å². The SMILES string of the molecule is O=Cc1csc(C#CCS)n1. The molecular formula is C7H5NOS2. The predicted octanol–water partition coefficient (Wildman–Crippen LogP) is 1.24. The minimum Gasteiger partial charge on any atom is -0.296 e. The van der Waals surface area contributed by atoms with E-state index in [1.54, 1.807) is 5.38 Å². The standard InChI is InChI=1S/C7H5NOS2/c9-4-6-5-11-7(8-6)2-1-3-10/h4-5,10H,3H2. The maximum atomic E-state index is 10.2. The lowest BCUT2D eigenvalue weighted by Gasteiger charge is -1.73. The van der Waals surface area contributed by atoms with Crippen molar-refractivity contribution in [3.63, 3.8) is 0 Å². The topological polar surface area (TPSA) is 30.0 Å². The number of hydrogen-bond donors (Lipinski definition) is 1. The molecule has 11 heavy (non-hydrogen) atoms. The molecule has 1 heterocycles. The summed E-state index contributed by atoms with van der Waals surface area (Å²) >= 11 is 5.28. The monoisotopic (exact) mass is 183 g/mol. The third-order valence-corrected chi connectivity index (χ3v) is 1.85. The summed E-state index contributed by atoms with van der Waals surface area (Å²) in [6.07, 6.45) is 0.711. The van der Waals surface area contributed by atoms with Gasteiger partial charge in [0, 0.05) is 5.38 Å². The Bertz CT molecular complexity index is 308. The second kappa shape index (κ2) is 4.16. The van der Waals surface area contributed by atoms with Gasteiger partial charge in [0.15, 0.2) is 11.3 Å². The molecule has 4 heteroatoms.